The second kappa shape index (κ2) is 5.19. The molecule has 0 N–H and O–H groups in total. The summed E-state index contributed by atoms with van der Waals surface area (Å²) >= 11 is 4.44. The highest BCUT2D eigenvalue weighted by Crippen LogP contribution is 2.19. The maximum absolute atomic E-state index is 5.57. The van der Waals surface area contributed by atoms with Crippen molar-refractivity contribution in [2.24, 2.45) is 0 Å². The van der Waals surface area contributed by atoms with E-state index in [4.69, 9.17) is 8.85 Å². The van der Waals surface area contributed by atoms with Gasteiger partial charge in [-0.15, -0.1) is 0 Å². The largest absolute Gasteiger partial charge is 0.397 e. The minimum Gasteiger partial charge on any atom is -0.397 e. The molecule has 11 heavy (non-hydrogen) atoms. The van der Waals surface area contributed by atoms with Crippen molar-refractivity contribution in [3.63, 3.8) is 0 Å². The third kappa shape index (κ3) is 3.15. The first-order valence-electron chi connectivity index (χ1n) is 3.97. The molecule has 0 amide bonds. The van der Waals surface area contributed by atoms with Crippen molar-refractivity contribution in [2.45, 2.75) is 31.7 Å². The average molecular weight is 194 g/mol. The predicted molar refractivity (Wildman–Crippen MR) is 53.3 cm³/mol. The lowest BCUT2D eigenvalue weighted by molar-refractivity contribution is 0.213. The van der Waals surface area contributed by atoms with Crippen molar-refractivity contribution in [1.82, 2.24) is 0 Å². The van der Waals surface area contributed by atoms with Crippen LogP contribution >= 0.6 is 12.6 Å². The van der Waals surface area contributed by atoms with Crippen LogP contribution in [0, 0.1) is 0 Å². The minimum atomic E-state index is -1.96. The molecule has 0 radical (unpaired) electrons. The van der Waals surface area contributed by atoms with E-state index in [2.05, 4.69) is 26.1 Å². The molecule has 0 saturated carbocycles. The number of hydrogen-bond acceptors (Lipinski definition) is 3. The smallest absolute Gasteiger partial charge is 0.347 e. The first kappa shape index (κ1) is 11.5. The van der Waals surface area contributed by atoms with Crippen LogP contribution in [0.5, 0.6) is 0 Å². The maximum Gasteiger partial charge on any atom is 0.347 e. The van der Waals surface area contributed by atoms with Gasteiger partial charge in [-0.2, -0.15) is 12.6 Å². The van der Waals surface area contributed by atoms with Crippen LogP contribution in [0.4, 0.5) is 0 Å². The molecule has 0 rings (SSSR count). The van der Waals surface area contributed by atoms with Gasteiger partial charge in [0.1, 0.15) is 0 Å². The van der Waals surface area contributed by atoms with Crippen molar-refractivity contribution in [1.29, 1.82) is 0 Å². The van der Waals surface area contributed by atoms with E-state index < -0.39 is 8.56 Å². The molecule has 0 aromatic rings. The lowest BCUT2D eigenvalue weighted by Gasteiger charge is -2.28. The fraction of sp³-hybridized carbons (Fsp3) is 1.00. The quantitative estimate of drug-likeness (QED) is 0.533. The molecular formula is C7H18O2SSi. The molecule has 2 atom stereocenters. The molecule has 0 aliphatic heterocycles. The highest BCUT2D eigenvalue weighted by atomic mass is 32.1. The van der Waals surface area contributed by atoms with E-state index in [1.54, 1.807) is 7.11 Å². The van der Waals surface area contributed by atoms with Crippen LogP contribution in [0.3, 0.4) is 0 Å². The Hall–Kier alpha value is 0.487. The van der Waals surface area contributed by atoms with E-state index in [9.17, 15) is 0 Å². The van der Waals surface area contributed by atoms with Crippen molar-refractivity contribution >= 4 is 21.2 Å². The van der Waals surface area contributed by atoms with Crippen molar-refractivity contribution in [2.75, 3.05) is 13.7 Å². The fourth-order valence-corrected chi connectivity index (χ4v) is 3.39. The van der Waals surface area contributed by atoms with Gasteiger partial charge in [-0.3, -0.25) is 0 Å². The Morgan fingerprint density at radius 2 is 2.00 bits per heavy atom. The zero-order valence-electron chi connectivity index (χ0n) is 7.76. The molecule has 0 heterocycles. The molecule has 0 aromatic carbocycles. The third-order valence-corrected chi connectivity index (χ3v) is 6.89. The Bertz CT molecular complexity index is 113. The summed E-state index contributed by atoms with van der Waals surface area (Å²) < 4.78 is 10.9. The molecule has 2 nitrogen and oxygen atoms in total. The van der Waals surface area contributed by atoms with Gasteiger partial charge in [0.25, 0.3) is 0 Å². The summed E-state index contributed by atoms with van der Waals surface area (Å²) in [6.45, 7) is 6.85. The summed E-state index contributed by atoms with van der Waals surface area (Å²) in [5.74, 6) is 0. The van der Waals surface area contributed by atoms with Crippen LogP contribution in [0.1, 0.15) is 20.3 Å². The van der Waals surface area contributed by atoms with Crippen molar-refractivity contribution in [3.05, 3.63) is 0 Å². The number of thiol groups is 1. The van der Waals surface area contributed by atoms with E-state index in [-0.39, 0.29) is 4.87 Å². The van der Waals surface area contributed by atoms with Gasteiger partial charge in [0.2, 0.25) is 0 Å². The van der Waals surface area contributed by atoms with Crippen molar-refractivity contribution < 1.29 is 8.85 Å². The molecule has 0 saturated heterocycles. The molecule has 0 fully saturated rings. The first-order chi connectivity index (χ1) is 5.10. The molecule has 4 heteroatoms. The fourth-order valence-electron chi connectivity index (χ4n) is 0.949. The monoisotopic (exact) mass is 194 g/mol. The first-order valence-corrected chi connectivity index (χ1v) is 6.88. The Morgan fingerprint density at radius 3 is 2.27 bits per heavy atom. The van der Waals surface area contributed by atoms with Gasteiger partial charge < -0.3 is 8.85 Å². The summed E-state index contributed by atoms with van der Waals surface area (Å²) in [6, 6.07) is 0. The second-order valence-electron chi connectivity index (χ2n) is 2.58. The van der Waals surface area contributed by atoms with Gasteiger partial charge in [0.15, 0.2) is 0 Å². The molecular weight excluding hydrogens is 176 g/mol. The van der Waals surface area contributed by atoms with E-state index in [0.717, 1.165) is 6.42 Å². The Kier molecular flexibility index (Phi) is 5.42. The van der Waals surface area contributed by atoms with E-state index >= 15 is 0 Å². The summed E-state index contributed by atoms with van der Waals surface area (Å²) in [5.41, 5.74) is 0. The van der Waals surface area contributed by atoms with Crippen LogP contribution in [0.2, 0.25) is 6.55 Å². The third-order valence-electron chi connectivity index (χ3n) is 1.83. The lowest BCUT2D eigenvalue weighted by Crippen LogP contribution is -2.47. The van der Waals surface area contributed by atoms with Gasteiger partial charge in [-0.05, 0) is 19.9 Å². The average Bonchev–Trinajstić information content (AvgIpc) is 2.03. The molecule has 0 aliphatic carbocycles. The number of hydrogen-bond donors (Lipinski definition) is 1. The van der Waals surface area contributed by atoms with Crippen molar-refractivity contribution in [3.8, 4) is 0 Å². The van der Waals surface area contributed by atoms with E-state index in [1.807, 2.05) is 6.92 Å². The van der Waals surface area contributed by atoms with Gasteiger partial charge in [-0.25, -0.2) is 0 Å². The molecule has 2 unspecified atom stereocenters. The standard InChI is InChI=1S/C7H18O2SSi/c1-5-7(10)11(4,8-3)9-6-2/h7,10H,5-6H2,1-4H3. The minimum absolute atomic E-state index is 0.271. The Balaban J connectivity index is 4.07. The summed E-state index contributed by atoms with van der Waals surface area (Å²) in [4.78, 5) is 0.271. The molecule has 0 spiro atoms. The topological polar surface area (TPSA) is 18.5 Å². The Morgan fingerprint density at radius 1 is 1.45 bits per heavy atom. The normalized spacial score (nSPS) is 19.4. The summed E-state index contributed by atoms with van der Waals surface area (Å²) in [5, 5.41) is 0. The van der Waals surface area contributed by atoms with Gasteiger partial charge in [0.05, 0.1) is 0 Å². The van der Waals surface area contributed by atoms with Crippen LogP contribution in [0.15, 0.2) is 0 Å². The molecule has 68 valence electrons. The number of rotatable bonds is 5. The zero-order chi connectivity index (χ0) is 8.91. The predicted octanol–water partition coefficient (Wildman–Crippen LogP) is 1.99. The zero-order valence-corrected chi connectivity index (χ0v) is 9.65. The lowest BCUT2D eigenvalue weighted by atomic mass is 10.6. The van der Waals surface area contributed by atoms with E-state index in [0.29, 0.717) is 6.61 Å². The summed E-state index contributed by atoms with van der Waals surface area (Å²) in [6.07, 6.45) is 1.000. The van der Waals surface area contributed by atoms with Crippen LogP contribution < -0.4 is 0 Å². The van der Waals surface area contributed by atoms with Gasteiger partial charge >= 0.3 is 8.56 Å². The maximum atomic E-state index is 5.57. The Labute approximate surface area is 75.9 Å². The highest BCUT2D eigenvalue weighted by molar-refractivity contribution is 7.83. The van der Waals surface area contributed by atoms with E-state index in [1.165, 1.54) is 0 Å². The summed E-state index contributed by atoms with van der Waals surface area (Å²) in [7, 11) is -0.253. The van der Waals surface area contributed by atoms with Crippen LogP contribution in [-0.2, 0) is 8.85 Å². The SMILES string of the molecule is CCO[Si](C)(OC)C(S)CC. The molecule has 0 aliphatic rings. The van der Waals surface area contributed by atoms with Crippen LogP contribution in [-0.4, -0.2) is 27.2 Å². The van der Waals surface area contributed by atoms with Gasteiger partial charge in [-0.1, -0.05) is 6.92 Å². The van der Waals surface area contributed by atoms with Crippen LogP contribution in [0.25, 0.3) is 0 Å². The molecule has 0 aromatic heterocycles. The second-order valence-corrected chi connectivity index (χ2v) is 7.11. The van der Waals surface area contributed by atoms with Gasteiger partial charge in [0, 0.05) is 18.6 Å². The highest BCUT2D eigenvalue weighted by Gasteiger charge is 2.36. The molecule has 0 bridgehead atoms.